The molecule has 0 heterocycles. The van der Waals surface area contributed by atoms with Gasteiger partial charge in [0.05, 0.1) is 0 Å². The minimum Gasteiger partial charge on any atom is -0.327 e. The first kappa shape index (κ1) is 10.4. The van der Waals surface area contributed by atoms with Gasteiger partial charge in [-0.15, -0.1) is 0 Å². The monoisotopic (exact) mass is 153 g/mol. The van der Waals surface area contributed by atoms with E-state index in [1.165, 1.54) is 11.1 Å². The summed E-state index contributed by atoms with van der Waals surface area (Å²) in [6.07, 6.45) is 4.21. The highest BCUT2D eigenvalue weighted by Crippen LogP contribution is 2.15. The van der Waals surface area contributed by atoms with Crippen LogP contribution in [0.3, 0.4) is 0 Å². The van der Waals surface area contributed by atoms with Crippen molar-refractivity contribution in [3.05, 3.63) is 23.3 Å². The van der Waals surface area contributed by atoms with Gasteiger partial charge in [-0.3, -0.25) is 0 Å². The molecule has 0 amide bonds. The molecule has 0 aromatic heterocycles. The standard InChI is InChI=1S/C10H19N/c1-5-6-10(8(2)3)9(4)7-11/h5-6,8H,7,11H2,1-4H3/b6-5-,10-9+. The predicted octanol–water partition coefficient (Wildman–Crippen LogP) is 2.49. The molecule has 0 radical (unpaired) electrons. The normalized spacial score (nSPS) is 14.4. The molecular formula is C10H19N. The Hall–Kier alpha value is -0.560. The molecule has 0 fully saturated rings. The van der Waals surface area contributed by atoms with Crippen LogP contribution in [0.5, 0.6) is 0 Å². The van der Waals surface area contributed by atoms with Gasteiger partial charge in [-0.05, 0) is 25.3 Å². The Morgan fingerprint density at radius 1 is 1.45 bits per heavy atom. The molecule has 2 N–H and O–H groups in total. The van der Waals surface area contributed by atoms with Crippen molar-refractivity contribution in [2.45, 2.75) is 27.7 Å². The van der Waals surface area contributed by atoms with Gasteiger partial charge in [0.2, 0.25) is 0 Å². The van der Waals surface area contributed by atoms with E-state index in [1.54, 1.807) is 0 Å². The van der Waals surface area contributed by atoms with Gasteiger partial charge >= 0.3 is 0 Å². The van der Waals surface area contributed by atoms with E-state index < -0.39 is 0 Å². The van der Waals surface area contributed by atoms with E-state index in [0.29, 0.717) is 12.5 Å². The molecule has 0 aromatic rings. The Morgan fingerprint density at radius 2 is 2.00 bits per heavy atom. The number of allylic oxidation sites excluding steroid dienone is 3. The molecule has 64 valence electrons. The van der Waals surface area contributed by atoms with Gasteiger partial charge in [0.25, 0.3) is 0 Å². The summed E-state index contributed by atoms with van der Waals surface area (Å²) in [7, 11) is 0. The molecule has 1 heteroatoms. The average molecular weight is 153 g/mol. The zero-order valence-electron chi connectivity index (χ0n) is 8.02. The smallest absolute Gasteiger partial charge is 0.0140 e. The molecular weight excluding hydrogens is 134 g/mol. The summed E-state index contributed by atoms with van der Waals surface area (Å²) in [4.78, 5) is 0. The van der Waals surface area contributed by atoms with Crippen LogP contribution in [0.4, 0.5) is 0 Å². The van der Waals surface area contributed by atoms with E-state index in [2.05, 4.69) is 32.9 Å². The van der Waals surface area contributed by atoms with Gasteiger partial charge < -0.3 is 5.73 Å². The van der Waals surface area contributed by atoms with E-state index in [-0.39, 0.29) is 0 Å². The average Bonchev–Trinajstić information content (AvgIpc) is 1.98. The number of nitrogens with two attached hydrogens (primary N) is 1. The fourth-order valence-corrected chi connectivity index (χ4v) is 1.12. The van der Waals surface area contributed by atoms with Crippen LogP contribution in [0.2, 0.25) is 0 Å². The second-order valence-electron chi connectivity index (χ2n) is 3.09. The molecule has 0 atom stereocenters. The minimum atomic E-state index is 0.578. The van der Waals surface area contributed by atoms with Gasteiger partial charge in [0.15, 0.2) is 0 Å². The van der Waals surface area contributed by atoms with E-state index in [4.69, 9.17) is 5.73 Å². The van der Waals surface area contributed by atoms with Crippen LogP contribution >= 0.6 is 0 Å². The highest BCUT2D eigenvalue weighted by molar-refractivity contribution is 5.26. The lowest BCUT2D eigenvalue weighted by molar-refractivity contribution is 0.774. The van der Waals surface area contributed by atoms with Crippen LogP contribution in [0.1, 0.15) is 27.7 Å². The van der Waals surface area contributed by atoms with Gasteiger partial charge in [0.1, 0.15) is 0 Å². The summed E-state index contributed by atoms with van der Waals surface area (Å²) in [5.41, 5.74) is 8.21. The third-order valence-corrected chi connectivity index (χ3v) is 1.77. The summed E-state index contributed by atoms with van der Waals surface area (Å²) in [6.45, 7) is 9.17. The molecule has 0 rings (SSSR count). The molecule has 0 aliphatic heterocycles. The first-order valence-corrected chi connectivity index (χ1v) is 4.15. The zero-order valence-corrected chi connectivity index (χ0v) is 8.02. The lowest BCUT2D eigenvalue weighted by Crippen LogP contribution is -2.05. The van der Waals surface area contributed by atoms with Crippen molar-refractivity contribution in [3.8, 4) is 0 Å². The molecule has 0 aromatic carbocycles. The second kappa shape index (κ2) is 5.14. The van der Waals surface area contributed by atoms with Gasteiger partial charge in [-0.25, -0.2) is 0 Å². The molecule has 1 nitrogen and oxygen atoms in total. The highest BCUT2D eigenvalue weighted by Gasteiger charge is 2.01. The molecule has 0 spiro atoms. The predicted molar refractivity (Wildman–Crippen MR) is 51.4 cm³/mol. The Morgan fingerprint density at radius 3 is 2.27 bits per heavy atom. The van der Waals surface area contributed by atoms with E-state index in [9.17, 15) is 0 Å². The molecule has 11 heavy (non-hydrogen) atoms. The molecule has 0 saturated heterocycles. The van der Waals surface area contributed by atoms with Gasteiger partial charge in [-0.2, -0.15) is 0 Å². The van der Waals surface area contributed by atoms with Crippen molar-refractivity contribution in [1.29, 1.82) is 0 Å². The lowest BCUT2D eigenvalue weighted by atomic mass is 9.98. The molecule has 0 unspecified atom stereocenters. The van der Waals surface area contributed by atoms with Gasteiger partial charge in [0, 0.05) is 6.54 Å². The maximum atomic E-state index is 5.55. The highest BCUT2D eigenvalue weighted by atomic mass is 14.5. The number of hydrogen-bond donors (Lipinski definition) is 1. The van der Waals surface area contributed by atoms with Crippen molar-refractivity contribution in [2.24, 2.45) is 11.7 Å². The third kappa shape index (κ3) is 3.38. The first-order chi connectivity index (χ1) is 5.13. The molecule has 0 bridgehead atoms. The Bertz CT molecular complexity index is 164. The van der Waals surface area contributed by atoms with Crippen LogP contribution in [0.25, 0.3) is 0 Å². The maximum Gasteiger partial charge on any atom is 0.0140 e. The Kier molecular flexibility index (Phi) is 4.88. The van der Waals surface area contributed by atoms with Crippen molar-refractivity contribution in [3.63, 3.8) is 0 Å². The lowest BCUT2D eigenvalue weighted by Gasteiger charge is -2.10. The summed E-state index contributed by atoms with van der Waals surface area (Å²) < 4.78 is 0. The number of rotatable bonds is 3. The van der Waals surface area contributed by atoms with Crippen LogP contribution in [0, 0.1) is 5.92 Å². The van der Waals surface area contributed by atoms with Crippen molar-refractivity contribution >= 4 is 0 Å². The van der Waals surface area contributed by atoms with E-state index in [0.717, 1.165) is 0 Å². The summed E-state index contributed by atoms with van der Waals surface area (Å²) >= 11 is 0. The third-order valence-electron chi connectivity index (χ3n) is 1.77. The first-order valence-electron chi connectivity index (χ1n) is 4.15. The SMILES string of the molecule is C/C=C\C(=C(\C)CN)C(C)C. The fraction of sp³-hybridized carbons (Fsp3) is 0.600. The summed E-state index contributed by atoms with van der Waals surface area (Å²) in [6, 6.07) is 0. The Balaban J connectivity index is 4.57. The fourth-order valence-electron chi connectivity index (χ4n) is 1.12. The van der Waals surface area contributed by atoms with Crippen molar-refractivity contribution in [1.82, 2.24) is 0 Å². The van der Waals surface area contributed by atoms with Crippen LogP contribution < -0.4 is 5.73 Å². The van der Waals surface area contributed by atoms with Crippen LogP contribution in [-0.2, 0) is 0 Å². The van der Waals surface area contributed by atoms with Crippen LogP contribution in [-0.4, -0.2) is 6.54 Å². The summed E-state index contributed by atoms with van der Waals surface area (Å²) in [5, 5.41) is 0. The summed E-state index contributed by atoms with van der Waals surface area (Å²) in [5.74, 6) is 0.578. The number of hydrogen-bond acceptors (Lipinski definition) is 1. The second-order valence-corrected chi connectivity index (χ2v) is 3.09. The van der Waals surface area contributed by atoms with Crippen molar-refractivity contribution < 1.29 is 0 Å². The molecule has 0 aliphatic carbocycles. The van der Waals surface area contributed by atoms with Gasteiger partial charge in [-0.1, -0.05) is 31.6 Å². The minimum absolute atomic E-state index is 0.578. The van der Waals surface area contributed by atoms with Crippen molar-refractivity contribution in [2.75, 3.05) is 6.54 Å². The Labute approximate surface area is 70.0 Å². The van der Waals surface area contributed by atoms with Crippen LogP contribution in [0.15, 0.2) is 23.3 Å². The topological polar surface area (TPSA) is 26.0 Å². The van der Waals surface area contributed by atoms with E-state index >= 15 is 0 Å². The largest absolute Gasteiger partial charge is 0.327 e. The molecule has 0 saturated carbocycles. The molecule has 0 aliphatic rings. The van der Waals surface area contributed by atoms with E-state index in [1.807, 2.05) is 6.92 Å². The quantitative estimate of drug-likeness (QED) is 0.619. The zero-order chi connectivity index (χ0) is 8.85. The maximum absolute atomic E-state index is 5.55.